The summed E-state index contributed by atoms with van der Waals surface area (Å²) in [5.41, 5.74) is 0.491. The van der Waals surface area contributed by atoms with Crippen LogP contribution in [0, 0.1) is 11.3 Å². The molecule has 0 saturated carbocycles. The lowest BCUT2D eigenvalue weighted by atomic mass is 10.2. The number of ether oxygens (including phenoxy) is 1. The van der Waals surface area contributed by atoms with Gasteiger partial charge in [-0.2, -0.15) is 5.26 Å². The van der Waals surface area contributed by atoms with Crippen LogP contribution in [0.3, 0.4) is 0 Å². The van der Waals surface area contributed by atoms with E-state index >= 15 is 0 Å². The second-order valence-electron chi connectivity index (χ2n) is 3.52. The Morgan fingerprint density at radius 3 is 3.10 bits per heavy atom. The molecular formula is C11H8BrN5O2S. The van der Waals surface area contributed by atoms with Gasteiger partial charge >= 0.3 is 5.97 Å². The predicted molar refractivity (Wildman–Crippen MR) is 72.8 cm³/mol. The number of methoxy groups -OCH3 is 1. The fourth-order valence-electron chi connectivity index (χ4n) is 1.35. The molecule has 0 spiro atoms. The van der Waals surface area contributed by atoms with Gasteiger partial charge < -0.3 is 4.74 Å². The molecule has 0 radical (unpaired) electrons. The van der Waals surface area contributed by atoms with Gasteiger partial charge in [-0.3, -0.25) is 4.79 Å². The van der Waals surface area contributed by atoms with E-state index in [2.05, 4.69) is 42.3 Å². The Morgan fingerprint density at radius 2 is 2.40 bits per heavy atom. The van der Waals surface area contributed by atoms with Crippen molar-refractivity contribution in [2.24, 2.45) is 0 Å². The van der Waals surface area contributed by atoms with E-state index in [0.717, 1.165) is 0 Å². The van der Waals surface area contributed by atoms with Crippen LogP contribution in [0.1, 0.15) is 5.56 Å². The maximum Gasteiger partial charge on any atom is 0.327 e. The normalized spacial score (nSPS) is 10.1. The second-order valence-corrected chi connectivity index (χ2v) is 5.39. The predicted octanol–water partition coefficient (Wildman–Crippen LogP) is 1.63. The average molecular weight is 354 g/mol. The van der Waals surface area contributed by atoms with Crippen LogP contribution in [0.2, 0.25) is 0 Å². The van der Waals surface area contributed by atoms with Gasteiger partial charge in [-0.25, -0.2) is 4.68 Å². The lowest BCUT2D eigenvalue weighted by Crippen LogP contribution is -2.13. The number of hydrogen-bond acceptors (Lipinski definition) is 7. The summed E-state index contributed by atoms with van der Waals surface area (Å²) in [6.07, 6.45) is 0. The van der Waals surface area contributed by atoms with E-state index in [1.54, 1.807) is 12.1 Å². The number of tetrazole rings is 1. The zero-order valence-corrected chi connectivity index (χ0v) is 12.7. The molecular weight excluding hydrogens is 346 g/mol. The summed E-state index contributed by atoms with van der Waals surface area (Å²) >= 11 is 4.52. The minimum atomic E-state index is -0.450. The number of esters is 1. The van der Waals surface area contributed by atoms with Crippen molar-refractivity contribution in [3.63, 3.8) is 0 Å². The Morgan fingerprint density at radius 1 is 1.60 bits per heavy atom. The zero-order valence-electron chi connectivity index (χ0n) is 10.3. The average Bonchev–Trinajstić information content (AvgIpc) is 2.86. The highest BCUT2D eigenvalue weighted by molar-refractivity contribution is 9.10. The van der Waals surface area contributed by atoms with E-state index in [1.807, 2.05) is 6.07 Å². The van der Waals surface area contributed by atoms with Crippen LogP contribution in [0.4, 0.5) is 0 Å². The molecule has 20 heavy (non-hydrogen) atoms. The van der Waals surface area contributed by atoms with Crippen LogP contribution in [0.15, 0.2) is 32.7 Å². The minimum absolute atomic E-state index is 0.0816. The monoisotopic (exact) mass is 353 g/mol. The third-order valence-corrected chi connectivity index (χ3v) is 3.99. The zero-order chi connectivity index (χ0) is 14.5. The van der Waals surface area contributed by atoms with Crippen LogP contribution < -0.4 is 0 Å². The van der Waals surface area contributed by atoms with Crippen molar-refractivity contribution < 1.29 is 9.53 Å². The SMILES string of the molecule is COC(=O)Cn1nnnc1Sc1cccc(Br)c1C#N. The van der Waals surface area contributed by atoms with Gasteiger partial charge in [0.1, 0.15) is 12.6 Å². The maximum absolute atomic E-state index is 11.3. The molecule has 0 atom stereocenters. The van der Waals surface area contributed by atoms with Gasteiger partial charge in [0, 0.05) is 9.37 Å². The molecule has 0 bridgehead atoms. The summed E-state index contributed by atoms with van der Waals surface area (Å²) in [4.78, 5) is 12.0. The second kappa shape index (κ2) is 6.49. The van der Waals surface area contributed by atoms with E-state index < -0.39 is 5.97 Å². The summed E-state index contributed by atoms with van der Waals surface area (Å²) in [6.45, 7) is -0.0816. The number of carbonyl (C=O) groups excluding carboxylic acids is 1. The maximum atomic E-state index is 11.3. The molecule has 9 heteroatoms. The number of hydrogen-bond donors (Lipinski definition) is 0. The Balaban J connectivity index is 2.28. The van der Waals surface area contributed by atoms with E-state index in [-0.39, 0.29) is 6.54 Å². The highest BCUT2D eigenvalue weighted by Crippen LogP contribution is 2.32. The first-order valence-electron chi connectivity index (χ1n) is 5.35. The third kappa shape index (κ3) is 3.15. The van der Waals surface area contributed by atoms with E-state index in [4.69, 9.17) is 5.26 Å². The van der Waals surface area contributed by atoms with Gasteiger partial charge in [0.25, 0.3) is 0 Å². The lowest BCUT2D eigenvalue weighted by Gasteiger charge is -2.05. The highest BCUT2D eigenvalue weighted by Gasteiger charge is 2.15. The molecule has 0 amide bonds. The molecule has 2 rings (SSSR count). The molecule has 0 unspecified atom stereocenters. The van der Waals surface area contributed by atoms with Crippen LogP contribution in [-0.4, -0.2) is 33.3 Å². The molecule has 2 aromatic rings. The Labute approximate surface area is 127 Å². The van der Waals surface area contributed by atoms with Crippen molar-refractivity contribution in [2.75, 3.05) is 7.11 Å². The summed E-state index contributed by atoms with van der Waals surface area (Å²) in [7, 11) is 1.29. The number of halogens is 1. The molecule has 7 nitrogen and oxygen atoms in total. The largest absolute Gasteiger partial charge is 0.468 e. The molecule has 0 N–H and O–H groups in total. The standard InChI is InChI=1S/C11H8BrN5O2S/c1-19-10(18)6-17-11(14-15-16-17)20-9-4-2-3-8(12)7(9)5-13/h2-4H,6H2,1H3. The fraction of sp³-hybridized carbons (Fsp3) is 0.182. The molecule has 0 saturated heterocycles. The third-order valence-electron chi connectivity index (χ3n) is 2.29. The van der Waals surface area contributed by atoms with Gasteiger partial charge in [-0.1, -0.05) is 6.07 Å². The van der Waals surface area contributed by atoms with Crippen molar-refractivity contribution in [1.82, 2.24) is 20.2 Å². The number of benzene rings is 1. The van der Waals surface area contributed by atoms with Gasteiger partial charge in [0.2, 0.25) is 5.16 Å². The summed E-state index contributed by atoms with van der Waals surface area (Å²) < 4.78 is 6.58. The molecule has 1 heterocycles. The summed E-state index contributed by atoms with van der Waals surface area (Å²) in [6, 6.07) is 7.48. The van der Waals surface area contributed by atoms with Gasteiger partial charge in [0.05, 0.1) is 12.7 Å². The Bertz CT molecular complexity index is 682. The van der Waals surface area contributed by atoms with Crippen molar-refractivity contribution >= 4 is 33.7 Å². The lowest BCUT2D eigenvalue weighted by molar-refractivity contribution is -0.141. The number of nitriles is 1. The van der Waals surface area contributed by atoms with Gasteiger partial charge in [0.15, 0.2) is 0 Å². The molecule has 1 aromatic heterocycles. The van der Waals surface area contributed by atoms with Crippen molar-refractivity contribution in [3.05, 3.63) is 28.2 Å². The van der Waals surface area contributed by atoms with Crippen molar-refractivity contribution in [1.29, 1.82) is 5.26 Å². The van der Waals surface area contributed by atoms with Crippen LogP contribution in [0.5, 0.6) is 0 Å². The number of nitrogens with zero attached hydrogens (tertiary/aromatic N) is 5. The van der Waals surface area contributed by atoms with Crippen LogP contribution in [0.25, 0.3) is 0 Å². The topological polar surface area (TPSA) is 93.7 Å². The molecule has 0 aliphatic rings. The first-order chi connectivity index (χ1) is 9.65. The number of carbonyl (C=O) groups is 1. The Hall–Kier alpha value is -1.92. The molecule has 0 aliphatic carbocycles. The highest BCUT2D eigenvalue weighted by atomic mass is 79.9. The summed E-state index contributed by atoms with van der Waals surface area (Å²) in [5, 5.41) is 20.6. The Kier molecular flexibility index (Phi) is 4.70. The summed E-state index contributed by atoms with van der Waals surface area (Å²) in [5.74, 6) is -0.450. The molecule has 1 aromatic carbocycles. The number of aromatic nitrogens is 4. The quantitative estimate of drug-likeness (QED) is 0.771. The minimum Gasteiger partial charge on any atom is -0.468 e. The molecule has 0 aliphatic heterocycles. The fourth-order valence-corrected chi connectivity index (χ4v) is 2.82. The van der Waals surface area contributed by atoms with Gasteiger partial charge in [-0.15, -0.1) is 5.10 Å². The first-order valence-corrected chi connectivity index (χ1v) is 6.96. The van der Waals surface area contributed by atoms with Crippen molar-refractivity contribution in [2.45, 2.75) is 16.6 Å². The van der Waals surface area contributed by atoms with E-state index in [9.17, 15) is 4.79 Å². The van der Waals surface area contributed by atoms with Crippen LogP contribution in [-0.2, 0) is 16.1 Å². The van der Waals surface area contributed by atoms with Crippen molar-refractivity contribution in [3.8, 4) is 6.07 Å². The molecule has 0 fully saturated rings. The smallest absolute Gasteiger partial charge is 0.327 e. The van der Waals surface area contributed by atoms with E-state index in [0.29, 0.717) is 20.1 Å². The molecule has 102 valence electrons. The number of rotatable bonds is 4. The van der Waals surface area contributed by atoms with Gasteiger partial charge in [-0.05, 0) is 50.3 Å². The first kappa shape index (κ1) is 14.5. The van der Waals surface area contributed by atoms with Crippen LogP contribution >= 0.6 is 27.7 Å². The van der Waals surface area contributed by atoms with E-state index in [1.165, 1.54) is 23.6 Å².